The summed E-state index contributed by atoms with van der Waals surface area (Å²) in [6.07, 6.45) is 6.22. The van der Waals surface area contributed by atoms with Gasteiger partial charge in [-0.2, -0.15) is 10.1 Å². The molecule has 2 aromatic heterocycles. The maximum Gasteiger partial charge on any atom is 0.320 e. The molecule has 36 heavy (non-hydrogen) atoms. The molecule has 2 heterocycles. The average Bonchev–Trinajstić information content (AvgIpc) is 3.55. The summed E-state index contributed by atoms with van der Waals surface area (Å²) in [4.78, 5) is 20.9. The zero-order valence-corrected chi connectivity index (χ0v) is 20.7. The van der Waals surface area contributed by atoms with Crippen molar-refractivity contribution in [1.82, 2.24) is 25.1 Å². The lowest BCUT2D eigenvalue weighted by Gasteiger charge is -2.13. The fraction of sp³-hybridized carbons (Fsp3) is 0.259. The molecule has 1 aliphatic carbocycles. The van der Waals surface area contributed by atoms with Gasteiger partial charge in [0.25, 0.3) is 0 Å². The predicted molar refractivity (Wildman–Crippen MR) is 139 cm³/mol. The quantitative estimate of drug-likeness (QED) is 0.285. The largest absolute Gasteiger partial charge is 0.439 e. The van der Waals surface area contributed by atoms with Gasteiger partial charge in [0.2, 0.25) is 11.2 Å². The Hall–Kier alpha value is -3.91. The molecule has 8 nitrogen and oxygen atoms in total. The van der Waals surface area contributed by atoms with Crippen molar-refractivity contribution in [3.8, 4) is 17.3 Å². The number of nitrogens with zero attached hydrogens (tertiary/aromatic N) is 4. The van der Waals surface area contributed by atoms with Crippen molar-refractivity contribution in [1.29, 1.82) is 0 Å². The Morgan fingerprint density at radius 1 is 1.11 bits per heavy atom. The molecule has 9 heteroatoms. The molecular formula is C27H27ClN6O2. The maximum absolute atomic E-state index is 12.9. The topological polar surface area (TPSA) is 94.0 Å². The Bertz CT molecular complexity index is 1350. The summed E-state index contributed by atoms with van der Waals surface area (Å²) in [6, 6.07) is 18.8. The Labute approximate surface area is 214 Å². The number of nitrogens with one attached hydrogen (secondary N) is 2. The lowest BCUT2D eigenvalue weighted by atomic mass is 10.0. The molecule has 1 saturated carbocycles. The molecule has 184 valence electrons. The van der Waals surface area contributed by atoms with Gasteiger partial charge in [-0.3, -0.25) is 5.32 Å². The van der Waals surface area contributed by atoms with Crippen LogP contribution < -0.4 is 15.4 Å². The summed E-state index contributed by atoms with van der Waals surface area (Å²) in [5.74, 6) is 1.96. The van der Waals surface area contributed by atoms with Crippen molar-refractivity contribution in [2.45, 2.75) is 45.1 Å². The highest BCUT2D eigenvalue weighted by Crippen LogP contribution is 2.35. The van der Waals surface area contributed by atoms with Crippen LogP contribution in [0.1, 0.15) is 48.4 Å². The molecule has 5 rings (SSSR count). The van der Waals surface area contributed by atoms with Crippen LogP contribution in [0.4, 0.5) is 10.6 Å². The molecule has 4 aromatic rings. The maximum atomic E-state index is 12.9. The molecular weight excluding hydrogens is 476 g/mol. The van der Waals surface area contributed by atoms with Crippen LogP contribution in [0.25, 0.3) is 5.69 Å². The molecule has 0 radical (unpaired) electrons. The molecule has 0 aliphatic heterocycles. The number of aryl methyl sites for hydroxylation is 1. The van der Waals surface area contributed by atoms with E-state index in [-0.39, 0.29) is 17.9 Å². The summed E-state index contributed by atoms with van der Waals surface area (Å²) >= 11 is 5.86. The number of aromatic nitrogens is 4. The van der Waals surface area contributed by atoms with E-state index in [0.29, 0.717) is 23.4 Å². The van der Waals surface area contributed by atoms with Crippen LogP contribution in [0, 0.1) is 6.92 Å². The van der Waals surface area contributed by atoms with Gasteiger partial charge >= 0.3 is 6.03 Å². The van der Waals surface area contributed by atoms with Crippen molar-refractivity contribution in [3.63, 3.8) is 0 Å². The summed E-state index contributed by atoms with van der Waals surface area (Å²) < 4.78 is 7.67. The lowest BCUT2D eigenvalue weighted by molar-refractivity contribution is 0.251. The Balaban J connectivity index is 1.30. The van der Waals surface area contributed by atoms with Crippen molar-refractivity contribution in [3.05, 3.63) is 89.0 Å². The van der Waals surface area contributed by atoms with Gasteiger partial charge in [-0.1, -0.05) is 48.7 Å². The summed E-state index contributed by atoms with van der Waals surface area (Å²) in [7, 11) is 0. The van der Waals surface area contributed by atoms with Gasteiger partial charge < -0.3 is 10.1 Å². The van der Waals surface area contributed by atoms with E-state index in [1.165, 1.54) is 24.6 Å². The first kappa shape index (κ1) is 23.8. The third-order valence-electron chi connectivity index (χ3n) is 6.25. The second-order valence-corrected chi connectivity index (χ2v) is 9.20. The number of rotatable bonds is 7. The molecule has 0 atom stereocenters. The molecule has 1 fully saturated rings. The van der Waals surface area contributed by atoms with Crippen molar-refractivity contribution >= 4 is 23.4 Å². The Morgan fingerprint density at radius 2 is 1.89 bits per heavy atom. The smallest absolute Gasteiger partial charge is 0.320 e. The normalized spacial score (nSPS) is 13.5. The Morgan fingerprint density at radius 3 is 2.67 bits per heavy atom. The molecule has 0 unspecified atom stereocenters. The van der Waals surface area contributed by atoms with Gasteiger partial charge in [-0.05, 0) is 49.6 Å². The van der Waals surface area contributed by atoms with Crippen LogP contribution in [0.15, 0.2) is 66.9 Å². The highest BCUT2D eigenvalue weighted by Gasteiger charge is 2.22. The van der Waals surface area contributed by atoms with Crippen LogP contribution in [0.5, 0.6) is 11.6 Å². The van der Waals surface area contributed by atoms with Crippen molar-refractivity contribution in [2.24, 2.45) is 0 Å². The summed E-state index contributed by atoms with van der Waals surface area (Å²) in [5, 5.41) is 10.9. The SMILES string of the molecule is Cc1ccc(-n2nc(C3CCCC3)cc2NC(=O)NCc2ccccc2Oc2ccnc(Cl)n2)cc1. The number of halogens is 1. The molecule has 1 aliphatic rings. The van der Waals surface area contributed by atoms with Crippen LogP contribution in [-0.4, -0.2) is 25.8 Å². The van der Waals surface area contributed by atoms with Gasteiger partial charge in [-0.25, -0.2) is 14.5 Å². The third-order valence-corrected chi connectivity index (χ3v) is 6.43. The van der Waals surface area contributed by atoms with Gasteiger partial charge in [0.1, 0.15) is 11.6 Å². The number of amides is 2. The highest BCUT2D eigenvalue weighted by molar-refractivity contribution is 6.28. The number of para-hydroxylation sites is 1. The van der Waals surface area contributed by atoms with Crippen molar-refractivity contribution in [2.75, 3.05) is 5.32 Å². The number of hydrogen-bond donors (Lipinski definition) is 2. The lowest BCUT2D eigenvalue weighted by Crippen LogP contribution is -2.29. The van der Waals surface area contributed by atoms with Gasteiger partial charge in [0.05, 0.1) is 11.4 Å². The van der Waals surface area contributed by atoms with E-state index in [1.807, 2.05) is 66.2 Å². The number of urea groups is 1. The van der Waals surface area contributed by atoms with Gasteiger partial charge in [0, 0.05) is 36.4 Å². The molecule has 2 aromatic carbocycles. The van der Waals surface area contributed by atoms with Crippen molar-refractivity contribution < 1.29 is 9.53 Å². The van der Waals surface area contributed by atoms with E-state index >= 15 is 0 Å². The van der Waals surface area contributed by atoms with E-state index < -0.39 is 0 Å². The monoisotopic (exact) mass is 502 g/mol. The fourth-order valence-corrected chi connectivity index (χ4v) is 4.51. The number of carbonyl (C=O) groups is 1. The first-order chi connectivity index (χ1) is 17.5. The molecule has 2 amide bonds. The second-order valence-electron chi connectivity index (χ2n) is 8.86. The van der Waals surface area contributed by atoms with E-state index in [9.17, 15) is 4.79 Å². The Kier molecular flexibility index (Phi) is 7.13. The minimum absolute atomic E-state index is 0.102. The summed E-state index contributed by atoms with van der Waals surface area (Å²) in [6.45, 7) is 2.30. The first-order valence-corrected chi connectivity index (χ1v) is 12.4. The number of carbonyl (C=O) groups excluding carboxylic acids is 1. The minimum Gasteiger partial charge on any atom is -0.439 e. The number of hydrogen-bond acceptors (Lipinski definition) is 5. The zero-order chi connectivity index (χ0) is 24.9. The van der Waals surface area contributed by atoms with Crippen LogP contribution in [0.2, 0.25) is 5.28 Å². The van der Waals surface area contributed by atoms with E-state index in [1.54, 1.807) is 6.07 Å². The predicted octanol–water partition coefficient (Wildman–Crippen LogP) is 6.40. The van der Waals surface area contributed by atoms with E-state index in [2.05, 4.69) is 20.6 Å². The van der Waals surface area contributed by atoms with Gasteiger partial charge in [-0.15, -0.1) is 0 Å². The number of anilines is 1. The van der Waals surface area contributed by atoms with E-state index in [0.717, 1.165) is 29.8 Å². The average molecular weight is 503 g/mol. The van der Waals surface area contributed by atoms with E-state index in [4.69, 9.17) is 21.4 Å². The van der Waals surface area contributed by atoms with Crippen LogP contribution in [0.3, 0.4) is 0 Å². The number of benzene rings is 2. The molecule has 0 bridgehead atoms. The first-order valence-electron chi connectivity index (χ1n) is 12.0. The van der Waals surface area contributed by atoms with Gasteiger partial charge in [0.15, 0.2) is 0 Å². The minimum atomic E-state index is -0.332. The highest BCUT2D eigenvalue weighted by atomic mass is 35.5. The fourth-order valence-electron chi connectivity index (χ4n) is 4.37. The summed E-state index contributed by atoms with van der Waals surface area (Å²) in [5.41, 5.74) is 3.88. The van der Waals surface area contributed by atoms with Crippen LogP contribution >= 0.6 is 11.6 Å². The second kappa shape index (κ2) is 10.8. The molecule has 0 spiro atoms. The third kappa shape index (κ3) is 5.66. The zero-order valence-electron chi connectivity index (χ0n) is 19.9. The molecule has 0 saturated heterocycles. The standard InChI is InChI=1S/C27H27ClN6O2/c1-18-10-12-21(13-11-18)34-24(16-22(33-34)19-6-2-3-7-19)31-27(35)30-17-20-8-4-5-9-23(20)36-25-14-15-29-26(28)32-25/h4-5,8-16,19H,2-3,6-7,17H2,1H3,(H2,30,31,35). The number of ether oxygens (including phenoxy) is 1. The molecule has 2 N–H and O–H groups in total. The van der Waals surface area contributed by atoms with Crippen LogP contribution in [-0.2, 0) is 6.54 Å².